The molecule has 0 unspecified atom stereocenters. The second kappa shape index (κ2) is 9.95. The van der Waals surface area contributed by atoms with Crippen molar-refractivity contribution < 1.29 is 18.0 Å². The highest BCUT2D eigenvalue weighted by atomic mass is 127. The summed E-state index contributed by atoms with van der Waals surface area (Å²) in [5.41, 5.74) is 1.79. The SMILES string of the molecule is CN=C(NCCNC(=O)c1ccc(C(F)(F)F)cc1)N1CCc2ccccc21.I. The predicted molar refractivity (Wildman–Crippen MR) is 118 cm³/mol. The summed E-state index contributed by atoms with van der Waals surface area (Å²) in [6.07, 6.45) is -3.47. The van der Waals surface area contributed by atoms with Gasteiger partial charge in [-0.3, -0.25) is 9.79 Å². The number of benzene rings is 2. The Kier molecular flexibility index (Phi) is 7.88. The maximum Gasteiger partial charge on any atom is 0.416 e. The molecule has 1 aliphatic rings. The van der Waals surface area contributed by atoms with E-state index in [0.717, 1.165) is 30.8 Å². The summed E-state index contributed by atoms with van der Waals surface area (Å²) in [6.45, 7) is 1.59. The maximum absolute atomic E-state index is 12.6. The number of para-hydroxylation sites is 1. The van der Waals surface area contributed by atoms with Crippen molar-refractivity contribution in [3.63, 3.8) is 0 Å². The third-order valence-electron chi connectivity index (χ3n) is 4.52. The molecule has 0 aromatic heterocycles. The standard InChI is InChI=1S/C20H21F3N4O.HI/c1-24-19(27-13-10-14-4-2-3-5-17(14)27)26-12-11-25-18(28)15-6-8-16(9-7-15)20(21,22)23;/h2-9H,10-13H2,1H3,(H,24,26)(H,25,28);1H. The van der Waals surface area contributed by atoms with Crippen molar-refractivity contribution in [2.75, 3.05) is 31.6 Å². The molecule has 2 aromatic carbocycles. The van der Waals surface area contributed by atoms with Crippen molar-refractivity contribution in [2.24, 2.45) is 4.99 Å². The Morgan fingerprint density at radius 3 is 2.38 bits per heavy atom. The second-order valence-corrected chi connectivity index (χ2v) is 6.34. The van der Waals surface area contributed by atoms with Gasteiger partial charge in [0.25, 0.3) is 5.91 Å². The van der Waals surface area contributed by atoms with Crippen LogP contribution in [0.25, 0.3) is 0 Å². The fraction of sp³-hybridized carbons (Fsp3) is 0.300. The zero-order valence-electron chi connectivity index (χ0n) is 15.8. The number of hydrogen-bond acceptors (Lipinski definition) is 2. The summed E-state index contributed by atoms with van der Waals surface area (Å²) in [4.78, 5) is 18.5. The highest BCUT2D eigenvalue weighted by molar-refractivity contribution is 14.0. The number of carbonyl (C=O) groups excluding carboxylic acids is 1. The van der Waals surface area contributed by atoms with Crippen molar-refractivity contribution in [3.8, 4) is 0 Å². The molecule has 1 heterocycles. The fourth-order valence-corrected chi connectivity index (χ4v) is 3.12. The summed E-state index contributed by atoms with van der Waals surface area (Å²) in [7, 11) is 1.70. The van der Waals surface area contributed by atoms with Crippen LogP contribution in [0.3, 0.4) is 0 Å². The molecule has 3 rings (SSSR count). The van der Waals surface area contributed by atoms with Gasteiger partial charge in [0, 0.05) is 37.9 Å². The average molecular weight is 518 g/mol. The molecule has 2 N–H and O–H groups in total. The number of halogens is 4. The number of guanidine groups is 1. The van der Waals surface area contributed by atoms with Crippen molar-refractivity contribution in [1.82, 2.24) is 10.6 Å². The van der Waals surface area contributed by atoms with E-state index in [-0.39, 0.29) is 29.5 Å². The fourth-order valence-electron chi connectivity index (χ4n) is 3.12. The van der Waals surface area contributed by atoms with E-state index in [1.54, 1.807) is 7.05 Å². The zero-order valence-corrected chi connectivity index (χ0v) is 18.1. The van der Waals surface area contributed by atoms with Crippen LogP contribution >= 0.6 is 24.0 Å². The molecule has 0 radical (unpaired) electrons. The van der Waals surface area contributed by atoms with Gasteiger partial charge < -0.3 is 15.5 Å². The van der Waals surface area contributed by atoms with Gasteiger partial charge in [-0.25, -0.2) is 0 Å². The Bertz CT molecular complexity index is 869. The Labute approximate surface area is 184 Å². The van der Waals surface area contributed by atoms with Gasteiger partial charge in [0.15, 0.2) is 5.96 Å². The first kappa shape index (κ1) is 23.0. The summed E-state index contributed by atoms with van der Waals surface area (Å²) < 4.78 is 37.7. The van der Waals surface area contributed by atoms with E-state index in [0.29, 0.717) is 19.0 Å². The molecular weight excluding hydrogens is 496 g/mol. The number of rotatable bonds is 4. The molecule has 0 spiro atoms. The van der Waals surface area contributed by atoms with Crippen LogP contribution in [0.1, 0.15) is 21.5 Å². The van der Waals surface area contributed by atoms with Crippen LogP contribution in [0.5, 0.6) is 0 Å². The number of alkyl halides is 3. The summed E-state index contributed by atoms with van der Waals surface area (Å²) in [5, 5.41) is 5.89. The van der Waals surface area contributed by atoms with Gasteiger partial charge in [0.2, 0.25) is 0 Å². The first-order chi connectivity index (χ1) is 13.4. The molecule has 0 bridgehead atoms. The quantitative estimate of drug-likeness (QED) is 0.281. The van der Waals surface area contributed by atoms with Crippen molar-refractivity contribution >= 4 is 41.5 Å². The summed E-state index contributed by atoms with van der Waals surface area (Å²) in [6, 6.07) is 12.3. The molecule has 29 heavy (non-hydrogen) atoms. The third-order valence-corrected chi connectivity index (χ3v) is 4.52. The van der Waals surface area contributed by atoms with E-state index in [9.17, 15) is 18.0 Å². The molecule has 1 amide bonds. The third kappa shape index (κ3) is 5.62. The lowest BCUT2D eigenvalue weighted by atomic mass is 10.1. The van der Waals surface area contributed by atoms with Crippen LogP contribution in [0.4, 0.5) is 18.9 Å². The normalized spacial score (nSPS) is 13.5. The molecule has 2 aromatic rings. The zero-order chi connectivity index (χ0) is 20.1. The van der Waals surface area contributed by atoms with Gasteiger partial charge in [0.05, 0.1) is 5.56 Å². The number of aliphatic imine (C=N–C) groups is 1. The molecule has 0 atom stereocenters. The monoisotopic (exact) mass is 518 g/mol. The van der Waals surface area contributed by atoms with Crippen LogP contribution in [-0.4, -0.2) is 38.5 Å². The Hall–Kier alpha value is -2.30. The van der Waals surface area contributed by atoms with E-state index in [4.69, 9.17) is 0 Å². The largest absolute Gasteiger partial charge is 0.416 e. The Morgan fingerprint density at radius 1 is 1.07 bits per heavy atom. The van der Waals surface area contributed by atoms with Gasteiger partial charge in [0.1, 0.15) is 0 Å². The van der Waals surface area contributed by atoms with Crippen LogP contribution < -0.4 is 15.5 Å². The smallest absolute Gasteiger partial charge is 0.354 e. The lowest BCUT2D eigenvalue weighted by Crippen LogP contribution is -2.43. The predicted octanol–water partition coefficient (Wildman–Crippen LogP) is 3.69. The van der Waals surface area contributed by atoms with E-state index in [1.807, 2.05) is 18.2 Å². The first-order valence-electron chi connectivity index (χ1n) is 8.91. The summed E-state index contributed by atoms with van der Waals surface area (Å²) >= 11 is 0. The highest BCUT2D eigenvalue weighted by Gasteiger charge is 2.30. The van der Waals surface area contributed by atoms with Gasteiger partial charge in [-0.2, -0.15) is 13.2 Å². The van der Waals surface area contributed by atoms with E-state index in [1.165, 1.54) is 17.7 Å². The number of carbonyl (C=O) groups is 1. The first-order valence-corrected chi connectivity index (χ1v) is 8.91. The van der Waals surface area contributed by atoms with E-state index in [2.05, 4.69) is 26.6 Å². The number of nitrogens with zero attached hydrogens (tertiary/aromatic N) is 2. The van der Waals surface area contributed by atoms with E-state index < -0.39 is 17.6 Å². The molecule has 1 aliphatic heterocycles. The van der Waals surface area contributed by atoms with Crippen LogP contribution in [0.2, 0.25) is 0 Å². The number of hydrogen-bond donors (Lipinski definition) is 2. The second-order valence-electron chi connectivity index (χ2n) is 6.34. The van der Waals surface area contributed by atoms with Crippen LogP contribution in [0, 0.1) is 0 Å². The van der Waals surface area contributed by atoms with Gasteiger partial charge in [-0.05, 0) is 42.3 Å². The van der Waals surface area contributed by atoms with Crippen molar-refractivity contribution in [1.29, 1.82) is 0 Å². The van der Waals surface area contributed by atoms with Gasteiger partial charge in [-0.15, -0.1) is 24.0 Å². The molecule has 0 saturated heterocycles. The molecule has 156 valence electrons. The molecule has 0 aliphatic carbocycles. The topological polar surface area (TPSA) is 56.7 Å². The minimum Gasteiger partial charge on any atom is -0.354 e. The lowest BCUT2D eigenvalue weighted by Gasteiger charge is -2.22. The molecule has 0 fully saturated rings. The van der Waals surface area contributed by atoms with Crippen LogP contribution in [0.15, 0.2) is 53.5 Å². The number of amides is 1. The number of nitrogens with one attached hydrogen (secondary N) is 2. The van der Waals surface area contributed by atoms with Crippen LogP contribution in [-0.2, 0) is 12.6 Å². The Morgan fingerprint density at radius 2 is 1.72 bits per heavy atom. The van der Waals surface area contributed by atoms with Gasteiger partial charge in [-0.1, -0.05) is 18.2 Å². The molecule has 5 nitrogen and oxygen atoms in total. The number of fused-ring (bicyclic) bond motifs is 1. The molecular formula is C20H22F3IN4O. The lowest BCUT2D eigenvalue weighted by molar-refractivity contribution is -0.137. The van der Waals surface area contributed by atoms with Gasteiger partial charge >= 0.3 is 6.18 Å². The maximum atomic E-state index is 12.6. The minimum atomic E-state index is -4.41. The van der Waals surface area contributed by atoms with E-state index >= 15 is 0 Å². The van der Waals surface area contributed by atoms with Crippen molar-refractivity contribution in [2.45, 2.75) is 12.6 Å². The molecule has 9 heteroatoms. The number of anilines is 1. The summed E-state index contributed by atoms with van der Waals surface area (Å²) in [5.74, 6) is 0.297. The van der Waals surface area contributed by atoms with Crippen molar-refractivity contribution in [3.05, 3.63) is 65.2 Å². The molecule has 0 saturated carbocycles. The highest BCUT2D eigenvalue weighted by Crippen LogP contribution is 2.29. The average Bonchev–Trinajstić information content (AvgIpc) is 3.11. The minimum absolute atomic E-state index is 0. The Balaban J connectivity index is 0.00000300.